The molecule has 10 heteroatoms. The van der Waals surface area contributed by atoms with E-state index in [1.807, 2.05) is 6.07 Å². The Kier molecular flexibility index (Phi) is 5.44. The maximum atomic E-state index is 12.7. The van der Waals surface area contributed by atoms with Gasteiger partial charge in [0.25, 0.3) is 5.91 Å². The molecule has 2 aromatic heterocycles. The van der Waals surface area contributed by atoms with Crippen LogP contribution in [0.4, 0.5) is 18.3 Å². The molecule has 0 atom stereocenters. The van der Waals surface area contributed by atoms with E-state index in [9.17, 15) is 18.0 Å². The van der Waals surface area contributed by atoms with E-state index in [-0.39, 0.29) is 0 Å². The highest BCUT2D eigenvalue weighted by atomic mass is 32.1. The lowest BCUT2D eigenvalue weighted by molar-refractivity contribution is -0.141. The monoisotopic (exact) mass is 434 g/mol. The van der Waals surface area contributed by atoms with Gasteiger partial charge in [0, 0.05) is 35.8 Å². The average Bonchev–Trinajstić information content (AvgIpc) is 3.13. The van der Waals surface area contributed by atoms with Gasteiger partial charge in [0.15, 0.2) is 5.13 Å². The summed E-state index contributed by atoms with van der Waals surface area (Å²) in [6.07, 6.45) is -1.64. The number of anilines is 1. The second-order valence-corrected chi connectivity index (χ2v) is 7.73. The van der Waals surface area contributed by atoms with Crippen molar-refractivity contribution in [1.29, 1.82) is 0 Å². The third-order valence-electron chi connectivity index (χ3n) is 4.92. The molecule has 0 aliphatic carbocycles. The molecule has 1 aromatic carbocycles. The fraction of sp³-hybridized carbons (Fsp3) is 0.250. The lowest BCUT2D eigenvalue weighted by Crippen LogP contribution is -2.22. The number of fused-ring (bicyclic) bond motifs is 1. The Hall–Kier alpha value is -2.98. The normalized spacial score (nSPS) is 14.2. The van der Waals surface area contributed by atoms with Crippen molar-refractivity contribution in [2.45, 2.75) is 25.6 Å². The van der Waals surface area contributed by atoms with E-state index in [0.717, 1.165) is 41.7 Å². The zero-order valence-electron chi connectivity index (χ0n) is 15.6. The molecule has 0 saturated heterocycles. The number of hydrogen-bond acceptors (Lipinski definition) is 6. The minimum absolute atomic E-state index is 0.399. The number of carbonyl (C=O) groups excluding carboxylic acids is 1. The molecule has 1 amide bonds. The van der Waals surface area contributed by atoms with Crippen molar-refractivity contribution < 1.29 is 23.2 Å². The number of pyridine rings is 1. The van der Waals surface area contributed by atoms with Gasteiger partial charge in [0.2, 0.25) is 0 Å². The number of thiazole rings is 1. The lowest BCUT2D eigenvalue weighted by atomic mass is 10.0. The number of amides is 1. The number of alkyl halides is 3. The largest absolute Gasteiger partial charge is 0.433 e. The first-order chi connectivity index (χ1) is 14.3. The van der Waals surface area contributed by atoms with Crippen molar-refractivity contribution in [3.63, 3.8) is 0 Å². The number of nitrogens with one attached hydrogen (secondary N) is 1. The SMILES string of the molecule is O=C(NO)c1ccc2c(c1)CCCN(c1nc(-c3ccc(C(F)(F)F)nc3)cs1)C2. The Morgan fingerprint density at radius 3 is 2.73 bits per heavy atom. The standard InChI is InChI=1S/C20H17F3N4O2S/c21-20(22,23)17-6-5-14(9-24-17)16-11-30-19(25-16)27-7-1-2-12-8-13(18(28)26-29)3-4-15(12)10-27/h3-6,8-9,11,29H,1-2,7,10H2,(H,26,28). The van der Waals surface area contributed by atoms with Gasteiger partial charge in [-0.3, -0.25) is 15.0 Å². The number of hydrogen-bond donors (Lipinski definition) is 2. The van der Waals surface area contributed by atoms with Crippen LogP contribution in [0.5, 0.6) is 0 Å². The Morgan fingerprint density at radius 2 is 2.03 bits per heavy atom. The third-order valence-corrected chi connectivity index (χ3v) is 5.82. The molecule has 1 aliphatic heterocycles. The molecule has 0 unspecified atom stereocenters. The Labute approximate surface area is 174 Å². The van der Waals surface area contributed by atoms with E-state index in [0.29, 0.717) is 23.4 Å². The third kappa shape index (κ3) is 4.14. The number of aryl methyl sites for hydroxylation is 1. The summed E-state index contributed by atoms with van der Waals surface area (Å²) in [4.78, 5) is 21.8. The summed E-state index contributed by atoms with van der Waals surface area (Å²) in [7, 11) is 0. The first kappa shape index (κ1) is 20.3. The van der Waals surface area contributed by atoms with Crippen LogP contribution in [0.3, 0.4) is 0 Å². The van der Waals surface area contributed by atoms with Crippen LogP contribution in [0.25, 0.3) is 11.3 Å². The Balaban J connectivity index is 1.54. The maximum Gasteiger partial charge on any atom is 0.433 e. The number of benzene rings is 1. The molecule has 0 bridgehead atoms. The molecule has 0 spiro atoms. The minimum atomic E-state index is -4.47. The summed E-state index contributed by atoms with van der Waals surface area (Å²) in [6, 6.07) is 7.64. The lowest BCUT2D eigenvalue weighted by Gasteiger charge is -2.19. The summed E-state index contributed by atoms with van der Waals surface area (Å²) in [5.74, 6) is -0.548. The average molecular weight is 434 g/mol. The Bertz CT molecular complexity index is 1070. The second-order valence-electron chi connectivity index (χ2n) is 6.89. The van der Waals surface area contributed by atoms with Gasteiger partial charge < -0.3 is 4.90 Å². The maximum absolute atomic E-state index is 12.7. The number of hydroxylamine groups is 1. The molecule has 2 N–H and O–H groups in total. The van der Waals surface area contributed by atoms with Crippen molar-refractivity contribution in [1.82, 2.24) is 15.4 Å². The van der Waals surface area contributed by atoms with Crippen LogP contribution in [0.1, 0.15) is 33.6 Å². The molecule has 30 heavy (non-hydrogen) atoms. The van der Waals surface area contributed by atoms with E-state index < -0.39 is 17.8 Å². The van der Waals surface area contributed by atoms with E-state index in [4.69, 9.17) is 5.21 Å². The highest BCUT2D eigenvalue weighted by Gasteiger charge is 2.32. The molecule has 3 heterocycles. The first-order valence-electron chi connectivity index (χ1n) is 9.15. The first-order valence-corrected chi connectivity index (χ1v) is 10.0. The van der Waals surface area contributed by atoms with Gasteiger partial charge in [-0.15, -0.1) is 11.3 Å². The molecule has 6 nitrogen and oxygen atoms in total. The predicted molar refractivity (Wildman–Crippen MR) is 105 cm³/mol. The molecular weight excluding hydrogens is 417 g/mol. The highest BCUT2D eigenvalue weighted by molar-refractivity contribution is 7.14. The molecule has 156 valence electrons. The van der Waals surface area contributed by atoms with Crippen molar-refractivity contribution >= 4 is 22.4 Å². The second kappa shape index (κ2) is 8.04. The zero-order chi connectivity index (χ0) is 21.3. The zero-order valence-corrected chi connectivity index (χ0v) is 16.4. The van der Waals surface area contributed by atoms with E-state index in [2.05, 4.69) is 14.9 Å². The number of rotatable bonds is 3. The van der Waals surface area contributed by atoms with Crippen LogP contribution in [-0.2, 0) is 19.1 Å². The fourth-order valence-electron chi connectivity index (χ4n) is 3.38. The van der Waals surface area contributed by atoms with Gasteiger partial charge in [-0.25, -0.2) is 10.5 Å². The van der Waals surface area contributed by atoms with Gasteiger partial charge in [-0.2, -0.15) is 13.2 Å². The summed E-state index contributed by atoms with van der Waals surface area (Å²) < 4.78 is 38.1. The molecule has 3 aromatic rings. The van der Waals surface area contributed by atoms with E-state index >= 15 is 0 Å². The minimum Gasteiger partial charge on any atom is -0.344 e. The molecule has 0 fully saturated rings. The molecular formula is C20H17F3N4O2S. The van der Waals surface area contributed by atoms with Crippen LogP contribution in [-0.4, -0.2) is 27.6 Å². The molecule has 0 saturated carbocycles. The molecule has 4 rings (SSSR count). The van der Waals surface area contributed by atoms with Gasteiger partial charge in [0.1, 0.15) is 5.69 Å². The van der Waals surface area contributed by atoms with Crippen LogP contribution >= 0.6 is 11.3 Å². The number of halogens is 3. The van der Waals surface area contributed by atoms with Crippen LogP contribution < -0.4 is 10.4 Å². The number of carbonyl (C=O) groups is 1. The summed E-state index contributed by atoms with van der Waals surface area (Å²) in [6.45, 7) is 1.36. The van der Waals surface area contributed by atoms with Crippen molar-refractivity contribution in [3.8, 4) is 11.3 Å². The summed E-state index contributed by atoms with van der Waals surface area (Å²) >= 11 is 1.42. The smallest absolute Gasteiger partial charge is 0.344 e. The van der Waals surface area contributed by atoms with E-state index in [1.165, 1.54) is 23.6 Å². The fourth-order valence-corrected chi connectivity index (χ4v) is 4.24. The number of aromatic nitrogens is 2. The summed E-state index contributed by atoms with van der Waals surface area (Å²) in [5.41, 5.74) is 4.33. The van der Waals surface area contributed by atoms with Crippen LogP contribution in [0, 0.1) is 0 Å². The van der Waals surface area contributed by atoms with Gasteiger partial charge in [0.05, 0.1) is 5.69 Å². The van der Waals surface area contributed by atoms with Crippen LogP contribution in [0.15, 0.2) is 41.9 Å². The molecule has 1 aliphatic rings. The quantitative estimate of drug-likeness (QED) is 0.475. The number of nitrogens with zero attached hydrogens (tertiary/aromatic N) is 3. The summed E-state index contributed by atoms with van der Waals surface area (Å²) in [5, 5.41) is 11.4. The van der Waals surface area contributed by atoms with Crippen molar-refractivity contribution in [2.24, 2.45) is 0 Å². The Morgan fingerprint density at radius 1 is 1.20 bits per heavy atom. The van der Waals surface area contributed by atoms with Crippen molar-refractivity contribution in [3.05, 3.63) is 64.3 Å². The van der Waals surface area contributed by atoms with Gasteiger partial charge in [-0.05, 0) is 48.2 Å². The topological polar surface area (TPSA) is 78.4 Å². The highest BCUT2D eigenvalue weighted by Crippen LogP contribution is 2.32. The van der Waals surface area contributed by atoms with E-state index in [1.54, 1.807) is 23.0 Å². The predicted octanol–water partition coefficient (Wildman–Crippen LogP) is 4.30. The van der Waals surface area contributed by atoms with Crippen LogP contribution in [0.2, 0.25) is 0 Å². The van der Waals surface area contributed by atoms with Gasteiger partial charge >= 0.3 is 6.18 Å². The molecule has 0 radical (unpaired) electrons. The van der Waals surface area contributed by atoms with Crippen molar-refractivity contribution in [2.75, 3.05) is 11.4 Å². The van der Waals surface area contributed by atoms with Gasteiger partial charge in [-0.1, -0.05) is 6.07 Å².